The van der Waals surface area contributed by atoms with Crippen molar-refractivity contribution in [3.8, 4) is 0 Å². The van der Waals surface area contributed by atoms with Crippen molar-refractivity contribution < 1.29 is 0 Å². The highest BCUT2D eigenvalue weighted by atomic mass is 35.5. The molecule has 0 bridgehead atoms. The van der Waals surface area contributed by atoms with Gasteiger partial charge in [0.05, 0.1) is 4.34 Å². The Balaban J connectivity index is 2.08. The first kappa shape index (κ1) is 14.4. The van der Waals surface area contributed by atoms with Gasteiger partial charge in [0.1, 0.15) is 0 Å². The third kappa shape index (κ3) is 4.23. The van der Waals surface area contributed by atoms with Crippen LogP contribution in [0.25, 0.3) is 0 Å². The summed E-state index contributed by atoms with van der Waals surface area (Å²) >= 11 is 7.63. The minimum Gasteiger partial charge on any atom is -0.399 e. The van der Waals surface area contributed by atoms with Crippen LogP contribution in [0.2, 0.25) is 4.34 Å². The van der Waals surface area contributed by atoms with E-state index in [9.17, 15) is 0 Å². The molecule has 0 spiro atoms. The molecule has 1 heterocycles. The molecule has 0 atom stereocenters. The van der Waals surface area contributed by atoms with Crippen molar-refractivity contribution >= 4 is 28.6 Å². The minimum atomic E-state index is 0.474. The number of nitrogens with two attached hydrogens (primary N) is 1. The lowest BCUT2D eigenvalue weighted by Crippen LogP contribution is -2.29. The van der Waals surface area contributed by atoms with E-state index in [0.717, 1.165) is 23.1 Å². The van der Waals surface area contributed by atoms with E-state index in [-0.39, 0.29) is 0 Å². The van der Waals surface area contributed by atoms with E-state index < -0.39 is 0 Å². The molecule has 102 valence electrons. The van der Waals surface area contributed by atoms with Gasteiger partial charge in [0.25, 0.3) is 0 Å². The van der Waals surface area contributed by atoms with Crippen LogP contribution in [-0.4, -0.2) is 10.9 Å². The minimum absolute atomic E-state index is 0.474. The van der Waals surface area contributed by atoms with E-state index >= 15 is 0 Å². The molecule has 0 aliphatic heterocycles. The second-order valence-corrected chi connectivity index (χ2v) is 6.75. The number of benzene rings is 1. The number of rotatable bonds is 5. The monoisotopic (exact) mass is 294 g/mol. The zero-order chi connectivity index (χ0) is 13.8. The van der Waals surface area contributed by atoms with Crippen LogP contribution in [0.1, 0.15) is 24.3 Å². The molecule has 1 aromatic carbocycles. The van der Waals surface area contributed by atoms with Crippen LogP contribution in [0.5, 0.6) is 0 Å². The smallest absolute Gasteiger partial charge is 0.0931 e. The fourth-order valence-corrected chi connectivity index (χ4v) is 3.10. The quantitative estimate of drug-likeness (QED) is 0.829. The molecule has 0 aliphatic carbocycles. The highest BCUT2D eigenvalue weighted by Gasteiger charge is 2.12. The summed E-state index contributed by atoms with van der Waals surface area (Å²) in [6.07, 6.45) is 0. The fourth-order valence-electron chi connectivity index (χ4n) is 1.98. The average molecular weight is 295 g/mol. The zero-order valence-electron chi connectivity index (χ0n) is 11.3. The highest BCUT2D eigenvalue weighted by molar-refractivity contribution is 7.16. The molecule has 0 radical (unpaired) electrons. The number of hydrogen-bond acceptors (Lipinski definition) is 3. The third-order valence-electron chi connectivity index (χ3n) is 3.05. The first-order valence-electron chi connectivity index (χ1n) is 6.37. The molecule has 2 aromatic rings. The lowest BCUT2D eigenvalue weighted by molar-refractivity contribution is 0.205. The van der Waals surface area contributed by atoms with Crippen molar-refractivity contribution in [2.75, 3.05) is 5.73 Å². The summed E-state index contributed by atoms with van der Waals surface area (Å²) in [6.45, 7) is 6.24. The van der Waals surface area contributed by atoms with Gasteiger partial charge >= 0.3 is 0 Å². The predicted octanol–water partition coefficient (Wildman–Crippen LogP) is 4.39. The average Bonchev–Trinajstić information content (AvgIpc) is 2.74. The molecule has 0 amide bonds. The Morgan fingerprint density at radius 1 is 1.21 bits per heavy atom. The van der Waals surface area contributed by atoms with Gasteiger partial charge in [0.2, 0.25) is 0 Å². The molecule has 2 N–H and O–H groups in total. The highest BCUT2D eigenvalue weighted by Crippen LogP contribution is 2.24. The first-order chi connectivity index (χ1) is 9.04. The Morgan fingerprint density at radius 2 is 2.00 bits per heavy atom. The second kappa shape index (κ2) is 6.42. The van der Waals surface area contributed by atoms with E-state index in [1.165, 1.54) is 10.4 Å². The van der Waals surface area contributed by atoms with E-state index in [2.05, 4.69) is 30.9 Å². The van der Waals surface area contributed by atoms with Crippen LogP contribution in [0.15, 0.2) is 36.4 Å². The van der Waals surface area contributed by atoms with Gasteiger partial charge in [0, 0.05) is 29.7 Å². The van der Waals surface area contributed by atoms with Crippen LogP contribution in [0.3, 0.4) is 0 Å². The van der Waals surface area contributed by atoms with Gasteiger partial charge in [-0.2, -0.15) is 0 Å². The number of thiophene rings is 1. The van der Waals surface area contributed by atoms with Gasteiger partial charge in [-0.25, -0.2) is 0 Å². The number of hydrogen-bond donors (Lipinski definition) is 1. The summed E-state index contributed by atoms with van der Waals surface area (Å²) in [6, 6.07) is 12.6. The number of nitrogens with zero attached hydrogens (tertiary/aromatic N) is 1. The third-order valence-corrected chi connectivity index (χ3v) is 4.27. The summed E-state index contributed by atoms with van der Waals surface area (Å²) in [4.78, 5) is 3.71. The van der Waals surface area contributed by atoms with Gasteiger partial charge in [-0.15, -0.1) is 11.3 Å². The van der Waals surface area contributed by atoms with E-state index in [4.69, 9.17) is 17.3 Å². The molecule has 0 aliphatic rings. The Bertz CT molecular complexity index is 536. The summed E-state index contributed by atoms with van der Waals surface area (Å²) in [7, 11) is 0. The topological polar surface area (TPSA) is 29.3 Å². The lowest BCUT2D eigenvalue weighted by atomic mass is 10.1. The number of nitrogen functional groups attached to an aromatic ring is 1. The van der Waals surface area contributed by atoms with Crippen molar-refractivity contribution in [2.24, 2.45) is 0 Å². The Kier molecular flexibility index (Phi) is 4.86. The van der Waals surface area contributed by atoms with Crippen molar-refractivity contribution in [3.63, 3.8) is 0 Å². The number of anilines is 1. The van der Waals surface area contributed by atoms with Crippen LogP contribution in [0, 0.1) is 0 Å². The van der Waals surface area contributed by atoms with E-state index in [1.807, 2.05) is 24.3 Å². The molecule has 4 heteroatoms. The van der Waals surface area contributed by atoms with Gasteiger partial charge in [-0.3, -0.25) is 4.90 Å². The molecule has 0 saturated heterocycles. The van der Waals surface area contributed by atoms with Crippen LogP contribution in [0.4, 0.5) is 5.69 Å². The van der Waals surface area contributed by atoms with Gasteiger partial charge < -0.3 is 5.73 Å². The van der Waals surface area contributed by atoms with Crippen LogP contribution in [-0.2, 0) is 13.1 Å². The van der Waals surface area contributed by atoms with Gasteiger partial charge in [0.15, 0.2) is 0 Å². The molecule has 0 saturated carbocycles. The maximum absolute atomic E-state index is 5.99. The van der Waals surface area contributed by atoms with Crippen molar-refractivity contribution in [2.45, 2.75) is 33.0 Å². The Hall–Kier alpha value is -1.03. The van der Waals surface area contributed by atoms with Crippen molar-refractivity contribution in [1.82, 2.24) is 4.90 Å². The van der Waals surface area contributed by atoms with E-state index in [1.54, 1.807) is 11.3 Å². The molecule has 0 unspecified atom stereocenters. The maximum atomic E-state index is 5.99. The van der Waals surface area contributed by atoms with E-state index in [0.29, 0.717) is 6.04 Å². The standard InChI is InChI=1S/C15H19ClN2S/c1-11(2)18(10-14-6-7-15(16)19-14)9-12-4-3-5-13(17)8-12/h3-8,11H,9-10,17H2,1-2H3. The summed E-state index contributed by atoms with van der Waals surface area (Å²) in [5.41, 5.74) is 7.90. The largest absolute Gasteiger partial charge is 0.399 e. The second-order valence-electron chi connectivity index (χ2n) is 4.95. The Morgan fingerprint density at radius 3 is 2.58 bits per heavy atom. The SMILES string of the molecule is CC(C)N(Cc1cccc(N)c1)Cc1ccc(Cl)s1. The maximum Gasteiger partial charge on any atom is 0.0931 e. The predicted molar refractivity (Wildman–Crippen MR) is 84.6 cm³/mol. The zero-order valence-corrected chi connectivity index (χ0v) is 12.8. The van der Waals surface area contributed by atoms with Crippen molar-refractivity contribution in [3.05, 3.63) is 51.2 Å². The van der Waals surface area contributed by atoms with Gasteiger partial charge in [-0.1, -0.05) is 23.7 Å². The summed E-state index contributed by atoms with van der Waals surface area (Å²) < 4.78 is 0.850. The summed E-state index contributed by atoms with van der Waals surface area (Å²) in [5, 5.41) is 0. The molecule has 1 aromatic heterocycles. The Labute approximate surface area is 123 Å². The van der Waals surface area contributed by atoms with Crippen molar-refractivity contribution in [1.29, 1.82) is 0 Å². The molecule has 0 fully saturated rings. The molecular formula is C15H19ClN2S. The molecular weight excluding hydrogens is 276 g/mol. The molecule has 2 nitrogen and oxygen atoms in total. The lowest BCUT2D eigenvalue weighted by Gasteiger charge is -2.26. The van der Waals surface area contributed by atoms with Crippen LogP contribution < -0.4 is 5.73 Å². The number of halogens is 1. The molecule has 19 heavy (non-hydrogen) atoms. The van der Waals surface area contributed by atoms with Crippen LogP contribution >= 0.6 is 22.9 Å². The van der Waals surface area contributed by atoms with Gasteiger partial charge in [-0.05, 0) is 43.7 Å². The molecule has 2 rings (SSSR count). The normalized spacial score (nSPS) is 11.4. The summed E-state index contributed by atoms with van der Waals surface area (Å²) in [5.74, 6) is 0. The fraction of sp³-hybridized carbons (Fsp3) is 0.333. The first-order valence-corrected chi connectivity index (χ1v) is 7.56.